The summed E-state index contributed by atoms with van der Waals surface area (Å²) in [6, 6.07) is 3.62. The second kappa shape index (κ2) is 2.94. The van der Waals surface area contributed by atoms with Gasteiger partial charge in [0.2, 0.25) is 0 Å². The van der Waals surface area contributed by atoms with Crippen LogP contribution < -0.4 is 0 Å². The highest BCUT2D eigenvalue weighted by Gasteiger charge is 2.05. The van der Waals surface area contributed by atoms with E-state index in [-0.39, 0.29) is 0 Å². The van der Waals surface area contributed by atoms with Crippen LogP contribution >= 0.6 is 22.9 Å². The molecule has 1 heterocycles. The zero-order valence-corrected chi connectivity index (χ0v) is 6.02. The van der Waals surface area contributed by atoms with Crippen molar-refractivity contribution in [2.24, 2.45) is 5.18 Å². The van der Waals surface area contributed by atoms with E-state index in [1.54, 1.807) is 6.07 Å². The van der Waals surface area contributed by atoms with E-state index in [9.17, 15) is 4.91 Å². The van der Waals surface area contributed by atoms with Gasteiger partial charge in [-0.15, -0.1) is 16.2 Å². The number of nitrogens with zero attached hydrogens (tertiary/aromatic N) is 1. The molecule has 0 radical (unpaired) electrons. The van der Waals surface area contributed by atoms with Crippen molar-refractivity contribution in [1.82, 2.24) is 0 Å². The Hall–Kier alpha value is -0.410. The van der Waals surface area contributed by atoms with Crippen LogP contribution in [0.5, 0.6) is 0 Å². The van der Waals surface area contributed by atoms with E-state index in [0.29, 0.717) is 0 Å². The van der Waals surface area contributed by atoms with Crippen LogP contribution in [0.4, 0.5) is 0 Å². The van der Waals surface area contributed by atoms with Crippen LogP contribution in [0.25, 0.3) is 0 Å². The maximum atomic E-state index is 9.83. The first kappa shape index (κ1) is 6.71. The first-order valence-corrected chi connectivity index (χ1v) is 3.66. The first-order chi connectivity index (χ1) is 4.34. The molecule has 0 N–H and O–H groups in total. The molecule has 0 bridgehead atoms. The van der Waals surface area contributed by atoms with E-state index >= 15 is 0 Å². The Kier molecular flexibility index (Phi) is 2.19. The minimum Gasteiger partial charge on any atom is -0.149 e. The molecular weight excluding hydrogens is 158 g/mol. The van der Waals surface area contributed by atoms with E-state index in [1.165, 1.54) is 11.3 Å². The van der Waals surface area contributed by atoms with Gasteiger partial charge in [-0.05, 0) is 16.6 Å². The van der Waals surface area contributed by atoms with Gasteiger partial charge in [0, 0.05) is 4.88 Å². The average Bonchev–Trinajstić information content (AvgIpc) is 2.37. The van der Waals surface area contributed by atoms with Gasteiger partial charge < -0.3 is 0 Å². The molecule has 0 saturated carbocycles. The fourth-order valence-corrected chi connectivity index (χ4v) is 1.33. The lowest BCUT2D eigenvalue weighted by atomic mass is 10.5. The second-order valence-electron chi connectivity index (χ2n) is 1.46. The third kappa shape index (κ3) is 1.50. The normalized spacial score (nSPS) is 13.0. The molecule has 1 atom stereocenters. The highest BCUT2D eigenvalue weighted by molar-refractivity contribution is 7.10. The van der Waals surface area contributed by atoms with E-state index in [0.717, 1.165) is 4.88 Å². The Morgan fingerprint density at radius 1 is 1.78 bits per heavy atom. The minimum atomic E-state index is -0.704. The smallest absolute Gasteiger partial charge is 0.149 e. The summed E-state index contributed by atoms with van der Waals surface area (Å²) >= 11 is 6.89. The van der Waals surface area contributed by atoms with Crippen LogP contribution in [-0.2, 0) is 0 Å². The summed E-state index contributed by atoms with van der Waals surface area (Å²) in [5.41, 5.74) is -0.704. The predicted molar refractivity (Wildman–Crippen MR) is 38.7 cm³/mol. The van der Waals surface area contributed by atoms with Gasteiger partial charge in [-0.25, -0.2) is 0 Å². The van der Waals surface area contributed by atoms with Gasteiger partial charge in [-0.2, -0.15) is 0 Å². The molecule has 1 aromatic rings. The Balaban J connectivity index is 2.76. The summed E-state index contributed by atoms with van der Waals surface area (Å²) in [5.74, 6) is 0. The maximum absolute atomic E-state index is 9.83. The molecule has 0 spiro atoms. The predicted octanol–water partition coefficient (Wildman–Crippen LogP) is 2.75. The summed E-state index contributed by atoms with van der Waals surface area (Å²) in [5, 5.41) is 4.51. The number of thiophene rings is 1. The zero-order chi connectivity index (χ0) is 6.69. The van der Waals surface area contributed by atoms with Crippen molar-refractivity contribution in [3.63, 3.8) is 0 Å². The number of halogens is 1. The minimum absolute atomic E-state index is 0.704. The molecule has 0 amide bonds. The fourth-order valence-electron chi connectivity index (χ4n) is 0.479. The lowest BCUT2D eigenvalue weighted by molar-refractivity contribution is 1.03. The van der Waals surface area contributed by atoms with Crippen molar-refractivity contribution >= 4 is 22.9 Å². The SMILES string of the molecule is O=NC(Cl)c1cccs1. The van der Waals surface area contributed by atoms with Gasteiger partial charge in [-0.3, -0.25) is 0 Å². The van der Waals surface area contributed by atoms with Gasteiger partial charge in [0.05, 0.1) is 0 Å². The third-order valence-corrected chi connectivity index (χ3v) is 2.24. The van der Waals surface area contributed by atoms with E-state index in [4.69, 9.17) is 11.6 Å². The highest BCUT2D eigenvalue weighted by atomic mass is 35.5. The largest absolute Gasteiger partial charge is 0.199 e. The van der Waals surface area contributed by atoms with Gasteiger partial charge in [-0.1, -0.05) is 17.7 Å². The van der Waals surface area contributed by atoms with Gasteiger partial charge in [0.1, 0.15) is 0 Å². The summed E-state index contributed by atoms with van der Waals surface area (Å²) < 4.78 is 0. The van der Waals surface area contributed by atoms with Crippen LogP contribution in [0.2, 0.25) is 0 Å². The third-order valence-electron chi connectivity index (χ3n) is 0.871. The zero-order valence-electron chi connectivity index (χ0n) is 4.45. The van der Waals surface area contributed by atoms with E-state index in [2.05, 4.69) is 5.18 Å². The molecule has 4 heteroatoms. The molecule has 48 valence electrons. The maximum Gasteiger partial charge on any atom is 0.199 e. The summed E-state index contributed by atoms with van der Waals surface area (Å²) in [6.45, 7) is 0. The van der Waals surface area contributed by atoms with E-state index in [1.807, 2.05) is 11.4 Å². The molecule has 0 aliphatic carbocycles. The summed E-state index contributed by atoms with van der Waals surface area (Å²) in [7, 11) is 0. The van der Waals surface area contributed by atoms with Gasteiger partial charge in [0.25, 0.3) is 0 Å². The van der Waals surface area contributed by atoms with Crippen molar-refractivity contribution in [1.29, 1.82) is 0 Å². The Morgan fingerprint density at radius 2 is 2.56 bits per heavy atom. The molecular formula is C5H4ClNOS. The molecule has 0 aromatic carbocycles. The molecule has 0 saturated heterocycles. The number of hydrogen-bond acceptors (Lipinski definition) is 3. The van der Waals surface area contributed by atoms with Crippen molar-refractivity contribution in [2.45, 2.75) is 5.50 Å². The van der Waals surface area contributed by atoms with Crippen LogP contribution in [0.15, 0.2) is 22.7 Å². The average molecular weight is 162 g/mol. The van der Waals surface area contributed by atoms with Crippen molar-refractivity contribution in [3.8, 4) is 0 Å². The second-order valence-corrected chi connectivity index (χ2v) is 2.85. The molecule has 2 nitrogen and oxygen atoms in total. The molecule has 9 heavy (non-hydrogen) atoms. The lowest BCUT2D eigenvalue weighted by Gasteiger charge is -1.90. The lowest BCUT2D eigenvalue weighted by Crippen LogP contribution is -1.75. The quantitative estimate of drug-likeness (QED) is 0.373. The fraction of sp³-hybridized carbons (Fsp3) is 0.200. The number of rotatable bonds is 2. The molecule has 0 aliphatic rings. The topological polar surface area (TPSA) is 29.4 Å². The monoisotopic (exact) mass is 161 g/mol. The molecule has 0 fully saturated rings. The Morgan fingerprint density at radius 3 is 3.00 bits per heavy atom. The summed E-state index contributed by atoms with van der Waals surface area (Å²) in [6.07, 6.45) is 0. The van der Waals surface area contributed by atoms with Crippen LogP contribution in [0, 0.1) is 4.91 Å². The Bertz CT molecular complexity index is 187. The number of nitroso groups, excluding NO2 is 1. The number of hydrogen-bond donors (Lipinski definition) is 0. The van der Waals surface area contributed by atoms with Gasteiger partial charge >= 0.3 is 0 Å². The van der Waals surface area contributed by atoms with E-state index < -0.39 is 5.50 Å². The van der Waals surface area contributed by atoms with Crippen LogP contribution in [0.3, 0.4) is 0 Å². The van der Waals surface area contributed by atoms with Crippen molar-refractivity contribution in [3.05, 3.63) is 27.3 Å². The first-order valence-electron chi connectivity index (χ1n) is 2.34. The van der Waals surface area contributed by atoms with Gasteiger partial charge in [0.15, 0.2) is 5.50 Å². The molecule has 1 aromatic heterocycles. The van der Waals surface area contributed by atoms with Crippen molar-refractivity contribution in [2.75, 3.05) is 0 Å². The van der Waals surface area contributed by atoms with Crippen LogP contribution in [0.1, 0.15) is 10.4 Å². The molecule has 1 rings (SSSR count). The standard InChI is InChI=1S/C5H4ClNOS/c6-5(7-8)4-2-1-3-9-4/h1-3,5H. The number of alkyl halides is 1. The van der Waals surface area contributed by atoms with Crippen LogP contribution in [-0.4, -0.2) is 0 Å². The highest BCUT2D eigenvalue weighted by Crippen LogP contribution is 2.25. The molecule has 0 aliphatic heterocycles. The van der Waals surface area contributed by atoms with Crippen molar-refractivity contribution < 1.29 is 0 Å². The molecule has 1 unspecified atom stereocenters. The summed E-state index contributed by atoms with van der Waals surface area (Å²) in [4.78, 5) is 10.6. The Labute approximate surface area is 61.4 Å².